The van der Waals surface area contributed by atoms with Crippen molar-refractivity contribution in [3.05, 3.63) is 36.0 Å². The van der Waals surface area contributed by atoms with E-state index in [4.69, 9.17) is 4.74 Å². The molecule has 2 aliphatic carbocycles. The van der Waals surface area contributed by atoms with Gasteiger partial charge in [0.15, 0.2) is 5.60 Å². The minimum atomic E-state index is -0.593. The van der Waals surface area contributed by atoms with Crippen LogP contribution in [-0.2, 0) is 9.53 Å². The number of ether oxygens (including phenoxy) is 1. The summed E-state index contributed by atoms with van der Waals surface area (Å²) in [7, 11) is 0. The van der Waals surface area contributed by atoms with Gasteiger partial charge < -0.3 is 4.74 Å². The number of allylic oxidation sites excluding steroid dienone is 4. The zero-order chi connectivity index (χ0) is 22.9. The smallest absolute Gasteiger partial charge is 0.321 e. The van der Waals surface area contributed by atoms with E-state index in [1.165, 1.54) is 75.5 Å². The van der Waals surface area contributed by atoms with Crippen LogP contribution in [0.4, 0.5) is 0 Å². The van der Waals surface area contributed by atoms with E-state index in [1.54, 1.807) is 0 Å². The van der Waals surface area contributed by atoms with Crippen molar-refractivity contribution in [2.75, 3.05) is 24.6 Å². The molecule has 4 heteroatoms. The normalized spacial score (nSPS) is 39.9. The molecule has 4 fully saturated rings. The van der Waals surface area contributed by atoms with Crippen molar-refractivity contribution >= 4 is 17.7 Å². The highest BCUT2D eigenvalue weighted by Crippen LogP contribution is 2.67. The van der Waals surface area contributed by atoms with Crippen molar-refractivity contribution < 1.29 is 9.53 Å². The Bertz CT molecular complexity index is 815. The summed E-state index contributed by atoms with van der Waals surface area (Å²) in [6.45, 7) is 6.51. The lowest BCUT2D eigenvalue weighted by atomic mass is 9.50. The molecular formula is C29H43NO2S. The Balaban J connectivity index is 1.56. The van der Waals surface area contributed by atoms with E-state index in [-0.39, 0.29) is 17.4 Å². The van der Waals surface area contributed by atoms with Crippen LogP contribution in [0.1, 0.15) is 84.5 Å². The Morgan fingerprint density at radius 3 is 2.52 bits per heavy atom. The van der Waals surface area contributed by atoms with Crippen LogP contribution in [-0.4, -0.2) is 47.1 Å². The first-order chi connectivity index (χ1) is 16.1. The lowest BCUT2D eigenvalue weighted by molar-refractivity contribution is -0.176. The maximum atomic E-state index is 14.2. The van der Waals surface area contributed by atoms with Gasteiger partial charge in [0.25, 0.3) is 0 Å². The molecule has 0 aromatic heterocycles. The molecule has 5 rings (SSSR count). The molecular weight excluding hydrogens is 426 g/mol. The molecule has 3 aliphatic heterocycles. The Labute approximate surface area is 205 Å². The summed E-state index contributed by atoms with van der Waals surface area (Å²) in [6, 6.07) is 0.257. The SMILES string of the molecule is CCCCN1C[C@]2(OC(=O)[C@]3(C4(C5CCCCCCCC5)CCSC4)C=CC=CC=C32)[C@@H]1C. The number of thioether (sulfide) groups is 1. The highest BCUT2D eigenvalue weighted by Gasteiger charge is 2.74. The first-order valence-electron chi connectivity index (χ1n) is 13.7. The molecule has 0 aromatic rings. The standard InChI is InChI=1S/C29H43NO2S/c1-3-4-19-30-21-29(23(30)2)25-16-12-9-13-17-28(25,26(31)32-29)27(18-20-33-22-27)24-14-10-7-5-6-8-11-15-24/h9,12-13,16-17,23-24H,3-8,10-11,14-15,18-22H2,1-2H3/t23-,27?,28-,29-/m0/s1. The summed E-state index contributed by atoms with van der Waals surface area (Å²) in [6.07, 6.45) is 25.2. The quantitative estimate of drug-likeness (QED) is 0.419. The summed E-state index contributed by atoms with van der Waals surface area (Å²) < 4.78 is 6.58. The van der Waals surface area contributed by atoms with Gasteiger partial charge >= 0.3 is 5.97 Å². The van der Waals surface area contributed by atoms with Crippen molar-refractivity contribution in [2.24, 2.45) is 16.7 Å². The first kappa shape index (κ1) is 23.7. The number of rotatable bonds is 5. The Morgan fingerprint density at radius 1 is 1.09 bits per heavy atom. The van der Waals surface area contributed by atoms with Crippen LogP contribution < -0.4 is 0 Å². The molecule has 182 valence electrons. The molecule has 4 atom stereocenters. The van der Waals surface area contributed by atoms with Crippen molar-refractivity contribution in [2.45, 2.75) is 96.1 Å². The van der Waals surface area contributed by atoms with Crippen molar-refractivity contribution in [3.63, 3.8) is 0 Å². The molecule has 33 heavy (non-hydrogen) atoms. The highest BCUT2D eigenvalue weighted by atomic mass is 32.2. The van der Waals surface area contributed by atoms with Crippen LogP contribution >= 0.6 is 11.8 Å². The van der Waals surface area contributed by atoms with Crippen LogP contribution in [0.2, 0.25) is 0 Å². The number of unbranched alkanes of at least 4 members (excludes halogenated alkanes) is 1. The fraction of sp³-hybridized carbons (Fsp3) is 0.759. The van der Waals surface area contributed by atoms with Gasteiger partial charge in [-0.05, 0) is 56.4 Å². The fourth-order valence-corrected chi connectivity index (χ4v) is 9.39. The topological polar surface area (TPSA) is 29.5 Å². The molecule has 0 aromatic carbocycles. The lowest BCUT2D eigenvalue weighted by Gasteiger charge is -2.55. The largest absolute Gasteiger partial charge is 0.450 e. The Kier molecular flexibility index (Phi) is 6.88. The highest BCUT2D eigenvalue weighted by molar-refractivity contribution is 7.99. The molecule has 3 saturated heterocycles. The van der Waals surface area contributed by atoms with Crippen molar-refractivity contribution in [3.8, 4) is 0 Å². The van der Waals surface area contributed by atoms with Crippen molar-refractivity contribution in [1.82, 2.24) is 4.90 Å². The van der Waals surface area contributed by atoms with Gasteiger partial charge in [0.1, 0.15) is 5.41 Å². The van der Waals surface area contributed by atoms with E-state index in [0.717, 1.165) is 25.3 Å². The van der Waals surface area contributed by atoms with E-state index in [2.05, 4.69) is 60.9 Å². The number of fused-ring (bicyclic) bond motifs is 2. The average Bonchev–Trinajstić information content (AvgIpc) is 3.36. The van der Waals surface area contributed by atoms with Gasteiger partial charge in [-0.1, -0.05) is 82.2 Å². The molecule has 3 heterocycles. The number of nitrogens with zero attached hydrogens (tertiary/aromatic N) is 1. The lowest BCUT2D eigenvalue weighted by Crippen LogP contribution is -2.69. The molecule has 3 nitrogen and oxygen atoms in total. The van der Waals surface area contributed by atoms with Gasteiger partial charge in [-0.2, -0.15) is 11.8 Å². The van der Waals surface area contributed by atoms with E-state index in [9.17, 15) is 4.79 Å². The third kappa shape index (κ3) is 3.61. The second-order valence-corrected chi connectivity index (χ2v) is 12.4. The Hall–Kier alpha value is -1.00. The number of hydrogen-bond acceptors (Lipinski definition) is 4. The number of esters is 1. The van der Waals surface area contributed by atoms with Gasteiger partial charge in [0.2, 0.25) is 0 Å². The summed E-state index contributed by atoms with van der Waals surface area (Å²) in [5.41, 5.74) is 0.236. The second-order valence-electron chi connectivity index (χ2n) is 11.3. The van der Waals surface area contributed by atoms with Gasteiger partial charge in [-0.25, -0.2) is 0 Å². The predicted octanol–water partition coefficient (Wildman–Crippen LogP) is 6.70. The van der Waals surface area contributed by atoms with Crippen LogP contribution in [0.15, 0.2) is 36.0 Å². The van der Waals surface area contributed by atoms with E-state index in [1.807, 2.05) is 0 Å². The minimum Gasteiger partial charge on any atom is -0.450 e. The van der Waals surface area contributed by atoms with Gasteiger partial charge in [0, 0.05) is 17.7 Å². The molecule has 0 N–H and O–H groups in total. The molecule has 0 bridgehead atoms. The summed E-state index contributed by atoms with van der Waals surface area (Å²) >= 11 is 2.08. The summed E-state index contributed by atoms with van der Waals surface area (Å²) in [5, 5.41) is 0. The summed E-state index contributed by atoms with van der Waals surface area (Å²) in [4.78, 5) is 16.8. The monoisotopic (exact) mass is 469 g/mol. The molecule has 0 radical (unpaired) electrons. The predicted molar refractivity (Wildman–Crippen MR) is 138 cm³/mol. The van der Waals surface area contributed by atoms with Crippen molar-refractivity contribution in [1.29, 1.82) is 0 Å². The zero-order valence-corrected chi connectivity index (χ0v) is 21.6. The van der Waals surface area contributed by atoms with Gasteiger partial charge in [-0.3, -0.25) is 9.69 Å². The third-order valence-corrected chi connectivity index (χ3v) is 11.0. The molecule has 5 aliphatic rings. The number of carbonyl (C=O) groups is 1. The van der Waals surface area contributed by atoms with Gasteiger partial charge in [-0.15, -0.1) is 0 Å². The number of hydrogen-bond donors (Lipinski definition) is 0. The van der Waals surface area contributed by atoms with E-state index >= 15 is 0 Å². The van der Waals surface area contributed by atoms with Crippen LogP contribution in [0.3, 0.4) is 0 Å². The molecule has 1 saturated carbocycles. The van der Waals surface area contributed by atoms with Gasteiger partial charge in [0.05, 0.1) is 6.04 Å². The third-order valence-electron chi connectivity index (χ3n) is 9.74. The maximum Gasteiger partial charge on any atom is 0.321 e. The number of likely N-dealkylation sites (tertiary alicyclic amines) is 1. The van der Waals surface area contributed by atoms with E-state index < -0.39 is 11.0 Å². The Morgan fingerprint density at radius 2 is 1.85 bits per heavy atom. The van der Waals surface area contributed by atoms with Crippen LogP contribution in [0, 0.1) is 16.7 Å². The van der Waals surface area contributed by atoms with Crippen LogP contribution in [0.5, 0.6) is 0 Å². The average molecular weight is 470 g/mol. The minimum absolute atomic E-state index is 0.0134. The fourth-order valence-electron chi connectivity index (χ4n) is 7.76. The van der Waals surface area contributed by atoms with Crippen LogP contribution in [0.25, 0.3) is 0 Å². The zero-order valence-electron chi connectivity index (χ0n) is 20.8. The summed E-state index contributed by atoms with van der Waals surface area (Å²) in [5.74, 6) is 2.92. The first-order valence-corrected chi connectivity index (χ1v) is 14.9. The number of carbonyl (C=O) groups excluding carboxylic acids is 1. The van der Waals surface area contributed by atoms with E-state index in [0.29, 0.717) is 5.92 Å². The second kappa shape index (κ2) is 9.57. The maximum absolute atomic E-state index is 14.2. The molecule has 1 unspecified atom stereocenters. The molecule has 0 amide bonds. The molecule has 1 spiro atoms.